The molecule has 2 bridgehead atoms. The Kier molecular flexibility index (Phi) is 5.11. The summed E-state index contributed by atoms with van der Waals surface area (Å²) in [7, 11) is 0. The SMILES string of the molecule is O=C1c2c(O)c(=O)ccn2N2CN1C/C=C\COc1c(Cl)cccc1[C@@H]2c1ccccc1. The van der Waals surface area contributed by atoms with Crippen molar-refractivity contribution in [2.75, 3.05) is 24.8 Å². The number of hydrogen-bond acceptors (Lipinski definition) is 5. The van der Waals surface area contributed by atoms with Gasteiger partial charge in [-0.3, -0.25) is 19.3 Å². The number of halogens is 1. The second-order valence-electron chi connectivity index (χ2n) is 7.58. The Morgan fingerprint density at radius 3 is 2.62 bits per heavy atom. The van der Waals surface area contributed by atoms with E-state index in [1.807, 2.05) is 59.6 Å². The van der Waals surface area contributed by atoms with Gasteiger partial charge in [0.05, 0.1) is 5.02 Å². The standard InChI is InChI=1S/C24H20ClN3O4/c25-18-10-6-9-17-20(16-7-2-1-3-8-16)28-15-26(12-4-5-14-32-23(17)18)24(31)21-22(30)19(29)11-13-27(21)28/h1-11,13,20,30H,12,14-15H2/b5-4-/t20-/m0/s1. The van der Waals surface area contributed by atoms with Gasteiger partial charge in [-0.2, -0.15) is 0 Å². The molecule has 2 aliphatic rings. The molecule has 1 atom stereocenters. The third kappa shape index (κ3) is 3.31. The van der Waals surface area contributed by atoms with E-state index in [4.69, 9.17) is 16.3 Å². The van der Waals surface area contributed by atoms with E-state index in [9.17, 15) is 14.7 Å². The quantitative estimate of drug-likeness (QED) is 0.577. The molecular weight excluding hydrogens is 430 g/mol. The monoisotopic (exact) mass is 449 g/mol. The van der Waals surface area contributed by atoms with E-state index in [2.05, 4.69) is 0 Å². The second kappa shape index (κ2) is 8.09. The zero-order valence-corrected chi connectivity index (χ0v) is 17.8. The summed E-state index contributed by atoms with van der Waals surface area (Å²) in [5.41, 5.74) is 1.07. The van der Waals surface area contributed by atoms with Gasteiger partial charge in [-0.1, -0.05) is 60.1 Å². The Morgan fingerprint density at radius 2 is 1.81 bits per heavy atom. The lowest BCUT2D eigenvalue weighted by Crippen LogP contribution is -2.55. The topological polar surface area (TPSA) is 75.0 Å². The molecule has 0 saturated heterocycles. The predicted octanol–water partition coefficient (Wildman–Crippen LogP) is 3.30. The van der Waals surface area contributed by atoms with E-state index in [0.29, 0.717) is 17.3 Å². The first kappa shape index (κ1) is 20.2. The third-order valence-electron chi connectivity index (χ3n) is 5.66. The molecule has 162 valence electrons. The molecule has 5 rings (SSSR count). The number of carbonyl (C=O) groups is 1. The van der Waals surface area contributed by atoms with Crippen molar-refractivity contribution in [3.63, 3.8) is 0 Å². The molecule has 1 aromatic heterocycles. The Bertz CT molecular complexity index is 1270. The maximum absolute atomic E-state index is 13.2. The second-order valence-corrected chi connectivity index (χ2v) is 7.99. The highest BCUT2D eigenvalue weighted by molar-refractivity contribution is 6.32. The third-order valence-corrected chi connectivity index (χ3v) is 5.96. The Hall–Kier alpha value is -3.71. The molecule has 0 saturated carbocycles. The van der Waals surface area contributed by atoms with E-state index >= 15 is 0 Å². The first-order chi connectivity index (χ1) is 15.6. The largest absolute Gasteiger partial charge is 0.502 e. The number of carbonyl (C=O) groups excluding carboxylic acids is 1. The van der Waals surface area contributed by atoms with E-state index in [1.165, 1.54) is 12.3 Å². The zero-order chi connectivity index (χ0) is 22.2. The number of aromatic hydroxyl groups is 1. The van der Waals surface area contributed by atoms with Gasteiger partial charge < -0.3 is 14.7 Å². The first-order valence-electron chi connectivity index (χ1n) is 10.2. The van der Waals surface area contributed by atoms with E-state index in [0.717, 1.165) is 11.1 Å². The number of benzene rings is 2. The summed E-state index contributed by atoms with van der Waals surface area (Å²) in [5, 5.41) is 12.9. The number of pyridine rings is 1. The minimum absolute atomic E-state index is 0.0678. The Balaban J connectivity index is 1.82. The van der Waals surface area contributed by atoms with Crippen molar-refractivity contribution in [1.82, 2.24) is 9.58 Å². The summed E-state index contributed by atoms with van der Waals surface area (Å²) in [6.45, 7) is 0.813. The molecule has 8 heteroatoms. The van der Waals surface area contributed by atoms with Gasteiger partial charge >= 0.3 is 0 Å². The fraction of sp³-hybridized carbons (Fsp3) is 0.167. The number of nitrogens with zero attached hydrogens (tertiary/aromatic N) is 3. The summed E-state index contributed by atoms with van der Waals surface area (Å²) in [6, 6.07) is 16.2. The summed E-state index contributed by atoms with van der Waals surface area (Å²) < 4.78 is 7.61. The van der Waals surface area contributed by atoms with Crippen LogP contribution in [0.1, 0.15) is 27.7 Å². The molecule has 2 aromatic carbocycles. The molecule has 0 aliphatic carbocycles. The number of aromatic nitrogens is 1. The Labute approximate surface area is 189 Å². The van der Waals surface area contributed by atoms with Crippen LogP contribution in [0.3, 0.4) is 0 Å². The first-order valence-corrected chi connectivity index (χ1v) is 10.6. The van der Waals surface area contributed by atoms with Crippen molar-refractivity contribution in [3.8, 4) is 11.5 Å². The minimum atomic E-state index is -0.603. The molecule has 0 radical (unpaired) electrons. The number of ether oxygens (including phenoxy) is 1. The van der Waals surface area contributed by atoms with Crippen molar-refractivity contribution in [2.24, 2.45) is 0 Å². The molecule has 7 nitrogen and oxygen atoms in total. The Morgan fingerprint density at radius 1 is 1.00 bits per heavy atom. The van der Waals surface area contributed by atoms with Crippen LogP contribution in [-0.4, -0.2) is 40.4 Å². The highest BCUT2D eigenvalue weighted by Crippen LogP contribution is 2.40. The molecule has 2 aliphatic heterocycles. The van der Waals surface area contributed by atoms with Crippen molar-refractivity contribution < 1.29 is 14.6 Å². The van der Waals surface area contributed by atoms with E-state index in [1.54, 1.807) is 15.6 Å². The van der Waals surface area contributed by atoms with Crippen molar-refractivity contribution in [2.45, 2.75) is 6.04 Å². The lowest BCUT2D eigenvalue weighted by atomic mass is 9.97. The fourth-order valence-corrected chi connectivity index (χ4v) is 4.41. The average molecular weight is 450 g/mol. The van der Waals surface area contributed by atoms with Crippen LogP contribution in [0.2, 0.25) is 5.02 Å². The summed E-state index contributed by atoms with van der Waals surface area (Å²) >= 11 is 6.54. The van der Waals surface area contributed by atoms with Gasteiger partial charge in [0.1, 0.15) is 25.1 Å². The van der Waals surface area contributed by atoms with Crippen LogP contribution < -0.4 is 15.2 Å². The number of amides is 1. The molecule has 1 N–H and O–H groups in total. The van der Waals surface area contributed by atoms with Crippen LogP contribution >= 0.6 is 11.6 Å². The summed E-state index contributed by atoms with van der Waals surface area (Å²) in [4.78, 5) is 26.9. The molecular formula is C24H20ClN3O4. The molecule has 1 amide bonds. The van der Waals surface area contributed by atoms with Gasteiger partial charge in [-0.05, 0) is 17.7 Å². The molecule has 32 heavy (non-hydrogen) atoms. The highest BCUT2D eigenvalue weighted by Gasteiger charge is 2.37. The van der Waals surface area contributed by atoms with Crippen LogP contribution in [-0.2, 0) is 0 Å². The number of para-hydroxylation sites is 1. The molecule has 3 heterocycles. The smallest absolute Gasteiger partial charge is 0.278 e. The van der Waals surface area contributed by atoms with E-state index in [-0.39, 0.29) is 19.0 Å². The zero-order valence-electron chi connectivity index (χ0n) is 17.0. The van der Waals surface area contributed by atoms with Gasteiger partial charge in [-0.15, -0.1) is 0 Å². The normalized spacial score (nSPS) is 18.8. The van der Waals surface area contributed by atoms with Crippen molar-refractivity contribution in [3.05, 3.63) is 105 Å². The predicted molar refractivity (Wildman–Crippen MR) is 121 cm³/mol. The van der Waals surface area contributed by atoms with Crippen LogP contribution in [0.5, 0.6) is 11.5 Å². The molecule has 3 aromatic rings. The van der Waals surface area contributed by atoms with Crippen LogP contribution in [0.25, 0.3) is 0 Å². The fourth-order valence-electron chi connectivity index (χ4n) is 4.18. The maximum atomic E-state index is 13.2. The highest BCUT2D eigenvalue weighted by atomic mass is 35.5. The van der Waals surface area contributed by atoms with Crippen molar-refractivity contribution in [1.29, 1.82) is 0 Å². The average Bonchev–Trinajstić information content (AvgIpc) is 2.83. The van der Waals surface area contributed by atoms with Gasteiger partial charge in [0.25, 0.3) is 5.91 Å². The number of rotatable bonds is 1. The van der Waals surface area contributed by atoms with Gasteiger partial charge in [0, 0.05) is 24.4 Å². The van der Waals surface area contributed by atoms with Gasteiger partial charge in [-0.25, -0.2) is 0 Å². The molecule has 0 fully saturated rings. The van der Waals surface area contributed by atoms with Crippen LogP contribution in [0.4, 0.5) is 0 Å². The lowest BCUT2D eigenvalue weighted by molar-refractivity contribution is 0.0701. The summed E-state index contributed by atoms with van der Waals surface area (Å²) in [6.07, 6.45) is 5.16. The van der Waals surface area contributed by atoms with Crippen LogP contribution in [0.15, 0.2) is 77.7 Å². The number of hydrogen-bond donors (Lipinski definition) is 1. The van der Waals surface area contributed by atoms with Crippen LogP contribution in [0, 0.1) is 0 Å². The molecule has 0 unspecified atom stereocenters. The minimum Gasteiger partial charge on any atom is -0.502 e. The lowest BCUT2D eigenvalue weighted by Gasteiger charge is -2.43. The number of fused-ring (bicyclic) bond motifs is 5. The van der Waals surface area contributed by atoms with Gasteiger partial charge in [0.15, 0.2) is 11.4 Å². The summed E-state index contributed by atoms with van der Waals surface area (Å²) in [5.74, 6) is -0.440. The van der Waals surface area contributed by atoms with Crippen molar-refractivity contribution >= 4 is 17.5 Å². The van der Waals surface area contributed by atoms with E-state index < -0.39 is 23.1 Å². The van der Waals surface area contributed by atoms with Gasteiger partial charge in [0.2, 0.25) is 5.43 Å². The maximum Gasteiger partial charge on any atom is 0.278 e. The molecule has 0 spiro atoms.